The molecule has 0 unspecified atom stereocenters. The Balaban J connectivity index is 2.55. The van der Waals surface area contributed by atoms with Gasteiger partial charge in [-0.1, -0.05) is 6.07 Å². The largest absolute Gasteiger partial charge is 0.263 e. The van der Waals surface area contributed by atoms with Crippen LogP contribution in [0, 0.1) is 18.3 Å². The van der Waals surface area contributed by atoms with Crippen molar-refractivity contribution in [2.24, 2.45) is 0 Å². The highest BCUT2D eigenvalue weighted by Gasteiger charge is 2.02. The Kier molecular flexibility index (Phi) is 2.42. The predicted octanol–water partition coefficient (Wildman–Crippen LogP) is 2.32. The van der Waals surface area contributed by atoms with Gasteiger partial charge in [-0.3, -0.25) is 9.97 Å². The molecule has 0 saturated heterocycles. The molecule has 0 spiro atoms. The van der Waals surface area contributed by atoms with Crippen LogP contribution in [0.25, 0.3) is 11.1 Å². The van der Waals surface area contributed by atoms with Gasteiger partial charge in [-0.25, -0.2) is 0 Å². The highest BCUT2D eigenvalue weighted by atomic mass is 14.7. The number of pyridine rings is 2. The van der Waals surface area contributed by atoms with Gasteiger partial charge >= 0.3 is 0 Å². The predicted molar refractivity (Wildman–Crippen MR) is 56.9 cm³/mol. The second kappa shape index (κ2) is 3.89. The number of nitrogens with zero attached hydrogens (tertiary/aromatic N) is 3. The van der Waals surface area contributed by atoms with Gasteiger partial charge in [-0.15, -0.1) is 0 Å². The average Bonchev–Trinajstić information content (AvgIpc) is 2.30. The normalized spacial score (nSPS) is 9.60. The Bertz CT molecular complexity index is 526. The van der Waals surface area contributed by atoms with Gasteiger partial charge in [0.25, 0.3) is 0 Å². The first-order chi connectivity index (χ1) is 7.31. The molecule has 72 valence electrons. The molecule has 2 aromatic heterocycles. The molecule has 0 bridgehead atoms. The van der Waals surface area contributed by atoms with Gasteiger partial charge in [-0.05, 0) is 19.1 Å². The van der Waals surface area contributed by atoms with Crippen molar-refractivity contribution in [2.45, 2.75) is 6.92 Å². The zero-order chi connectivity index (χ0) is 10.7. The van der Waals surface area contributed by atoms with Crippen molar-refractivity contribution in [3.8, 4) is 17.2 Å². The van der Waals surface area contributed by atoms with E-state index in [2.05, 4.69) is 16.0 Å². The van der Waals surface area contributed by atoms with Crippen LogP contribution < -0.4 is 0 Å². The molecule has 0 fully saturated rings. The van der Waals surface area contributed by atoms with Crippen LogP contribution in [0.4, 0.5) is 0 Å². The molecule has 2 aromatic rings. The van der Waals surface area contributed by atoms with Crippen LogP contribution in [0.3, 0.4) is 0 Å². The number of hydrogen-bond acceptors (Lipinski definition) is 3. The average molecular weight is 195 g/mol. The lowest BCUT2D eigenvalue weighted by molar-refractivity contribution is 1.20. The van der Waals surface area contributed by atoms with Gasteiger partial charge in [0.05, 0.1) is 5.56 Å². The summed E-state index contributed by atoms with van der Waals surface area (Å²) in [5.41, 5.74) is 3.45. The van der Waals surface area contributed by atoms with Gasteiger partial charge in [0.2, 0.25) is 0 Å². The minimum Gasteiger partial charge on any atom is -0.263 e. The van der Waals surface area contributed by atoms with Gasteiger partial charge in [-0.2, -0.15) is 5.26 Å². The van der Waals surface area contributed by atoms with Crippen LogP contribution in [0.5, 0.6) is 0 Å². The lowest BCUT2D eigenvalue weighted by atomic mass is 10.1. The summed E-state index contributed by atoms with van der Waals surface area (Å²) in [5, 5.41) is 8.77. The van der Waals surface area contributed by atoms with E-state index in [0.717, 1.165) is 16.8 Å². The molecular formula is C12H9N3. The van der Waals surface area contributed by atoms with E-state index in [-0.39, 0.29) is 0 Å². The number of hydrogen-bond donors (Lipinski definition) is 0. The van der Waals surface area contributed by atoms with Gasteiger partial charge in [0.15, 0.2) is 0 Å². The summed E-state index contributed by atoms with van der Waals surface area (Å²) >= 11 is 0. The van der Waals surface area contributed by atoms with E-state index in [4.69, 9.17) is 5.26 Å². The maximum atomic E-state index is 8.77. The molecule has 2 rings (SSSR count). The molecule has 0 aliphatic rings. The van der Waals surface area contributed by atoms with Crippen molar-refractivity contribution >= 4 is 0 Å². The third-order valence-electron chi connectivity index (χ3n) is 2.19. The quantitative estimate of drug-likeness (QED) is 0.701. The molecule has 15 heavy (non-hydrogen) atoms. The van der Waals surface area contributed by atoms with E-state index >= 15 is 0 Å². The van der Waals surface area contributed by atoms with Crippen LogP contribution in [0.1, 0.15) is 11.3 Å². The molecule has 0 aromatic carbocycles. The van der Waals surface area contributed by atoms with Crippen LogP contribution in [0.2, 0.25) is 0 Å². The summed E-state index contributed by atoms with van der Waals surface area (Å²) in [6, 6.07) is 7.74. The second-order valence-corrected chi connectivity index (χ2v) is 3.21. The Morgan fingerprint density at radius 1 is 1.33 bits per heavy atom. The van der Waals surface area contributed by atoms with Gasteiger partial charge in [0, 0.05) is 35.4 Å². The van der Waals surface area contributed by atoms with Crippen LogP contribution in [-0.2, 0) is 0 Å². The standard InChI is InChI=1S/C12H9N3/c1-9-12(3-2-4-15-9)11-5-10(6-13)7-14-8-11/h2-5,7-8H,1H3. The van der Waals surface area contributed by atoms with E-state index in [1.807, 2.05) is 25.1 Å². The van der Waals surface area contributed by atoms with Crippen LogP contribution >= 0.6 is 0 Å². The Morgan fingerprint density at radius 3 is 2.93 bits per heavy atom. The van der Waals surface area contributed by atoms with E-state index in [1.165, 1.54) is 0 Å². The smallest absolute Gasteiger partial charge is 0.101 e. The number of rotatable bonds is 1. The molecule has 0 aliphatic heterocycles. The summed E-state index contributed by atoms with van der Waals surface area (Å²) in [7, 11) is 0. The lowest BCUT2D eigenvalue weighted by Crippen LogP contribution is -1.88. The minimum absolute atomic E-state index is 0.566. The van der Waals surface area contributed by atoms with E-state index < -0.39 is 0 Å². The van der Waals surface area contributed by atoms with Crippen molar-refractivity contribution in [1.29, 1.82) is 5.26 Å². The summed E-state index contributed by atoms with van der Waals surface area (Å²) in [6.45, 7) is 1.94. The monoisotopic (exact) mass is 195 g/mol. The highest BCUT2D eigenvalue weighted by molar-refractivity contribution is 5.65. The van der Waals surface area contributed by atoms with Gasteiger partial charge in [0.1, 0.15) is 6.07 Å². The number of nitriles is 1. The summed E-state index contributed by atoms with van der Waals surface area (Å²) in [5.74, 6) is 0. The first kappa shape index (κ1) is 9.35. The van der Waals surface area contributed by atoms with Gasteiger partial charge < -0.3 is 0 Å². The number of aromatic nitrogens is 2. The summed E-state index contributed by atoms with van der Waals surface area (Å²) in [4.78, 5) is 8.22. The summed E-state index contributed by atoms with van der Waals surface area (Å²) in [6.07, 6.45) is 5.04. The van der Waals surface area contributed by atoms with E-state index in [0.29, 0.717) is 5.56 Å². The molecular weight excluding hydrogens is 186 g/mol. The van der Waals surface area contributed by atoms with Crippen molar-refractivity contribution < 1.29 is 0 Å². The first-order valence-corrected chi connectivity index (χ1v) is 4.58. The third-order valence-corrected chi connectivity index (χ3v) is 2.19. The van der Waals surface area contributed by atoms with Crippen LogP contribution in [0.15, 0.2) is 36.8 Å². The maximum Gasteiger partial charge on any atom is 0.101 e. The highest BCUT2D eigenvalue weighted by Crippen LogP contribution is 2.21. The van der Waals surface area contributed by atoms with Crippen molar-refractivity contribution in [3.63, 3.8) is 0 Å². The Labute approximate surface area is 88.1 Å². The molecule has 0 saturated carbocycles. The molecule has 0 amide bonds. The molecule has 0 atom stereocenters. The van der Waals surface area contributed by atoms with Crippen molar-refractivity contribution in [3.05, 3.63) is 48.0 Å². The fraction of sp³-hybridized carbons (Fsp3) is 0.0833. The number of aryl methyl sites for hydroxylation is 1. The topological polar surface area (TPSA) is 49.6 Å². The summed E-state index contributed by atoms with van der Waals surface area (Å²) < 4.78 is 0. The second-order valence-electron chi connectivity index (χ2n) is 3.21. The minimum atomic E-state index is 0.566. The lowest BCUT2D eigenvalue weighted by Gasteiger charge is -2.03. The molecule has 3 heteroatoms. The Hall–Kier alpha value is -2.21. The maximum absolute atomic E-state index is 8.77. The molecule has 0 N–H and O–H groups in total. The molecule has 0 radical (unpaired) electrons. The van der Waals surface area contributed by atoms with Crippen molar-refractivity contribution in [1.82, 2.24) is 9.97 Å². The van der Waals surface area contributed by atoms with E-state index in [9.17, 15) is 0 Å². The molecule has 0 aliphatic carbocycles. The fourth-order valence-corrected chi connectivity index (χ4v) is 1.44. The van der Waals surface area contributed by atoms with Crippen LogP contribution in [-0.4, -0.2) is 9.97 Å². The zero-order valence-corrected chi connectivity index (χ0v) is 8.31. The third kappa shape index (κ3) is 1.84. The fourth-order valence-electron chi connectivity index (χ4n) is 1.44. The first-order valence-electron chi connectivity index (χ1n) is 4.58. The zero-order valence-electron chi connectivity index (χ0n) is 8.31. The SMILES string of the molecule is Cc1ncccc1-c1cncc(C#N)c1. The van der Waals surface area contributed by atoms with E-state index in [1.54, 1.807) is 18.6 Å². The Morgan fingerprint density at radius 2 is 2.20 bits per heavy atom. The molecule has 2 heterocycles. The van der Waals surface area contributed by atoms with Crippen molar-refractivity contribution in [2.75, 3.05) is 0 Å². The molecule has 3 nitrogen and oxygen atoms in total.